The highest BCUT2D eigenvalue weighted by Crippen LogP contribution is 2.33. The lowest BCUT2D eigenvalue weighted by Gasteiger charge is -2.09. The van der Waals surface area contributed by atoms with E-state index in [1.54, 1.807) is 12.1 Å². The fourth-order valence-corrected chi connectivity index (χ4v) is 3.53. The van der Waals surface area contributed by atoms with Crippen LogP contribution >= 0.6 is 15.9 Å². The minimum atomic E-state index is -4.75. The predicted octanol–water partition coefficient (Wildman–Crippen LogP) is 5.17. The van der Waals surface area contributed by atoms with Crippen LogP contribution in [0.4, 0.5) is 24.5 Å². The van der Waals surface area contributed by atoms with Crippen LogP contribution in [-0.2, 0) is 6.18 Å². The van der Waals surface area contributed by atoms with Gasteiger partial charge in [0.15, 0.2) is 11.3 Å². The van der Waals surface area contributed by atoms with Gasteiger partial charge >= 0.3 is 6.18 Å². The van der Waals surface area contributed by atoms with Gasteiger partial charge in [0.2, 0.25) is 0 Å². The average molecular weight is 537 g/mol. The van der Waals surface area contributed by atoms with E-state index in [2.05, 4.69) is 36.3 Å². The van der Waals surface area contributed by atoms with Gasteiger partial charge in [0.05, 0.1) is 27.3 Å². The van der Waals surface area contributed by atoms with E-state index in [4.69, 9.17) is 4.74 Å². The predicted molar refractivity (Wildman–Crippen MR) is 116 cm³/mol. The largest absolute Gasteiger partial charge is 0.455 e. The van der Waals surface area contributed by atoms with Crippen LogP contribution in [-0.4, -0.2) is 30.4 Å². The molecule has 1 N–H and O–H groups in total. The maximum atomic E-state index is 13.4. The van der Waals surface area contributed by atoms with Crippen LogP contribution < -0.4 is 10.1 Å². The minimum Gasteiger partial charge on any atom is -0.455 e. The summed E-state index contributed by atoms with van der Waals surface area (Å²) in [5.41, 5.74) is -2.08. The molecular weight excluding hydrogens is 525 g/mol. The lowest BCUT2D eigenvalue weighted by molar-refractivity contribution is -0.384. The zero-order chi connectivity index (χ0) is 24.6. The number of ether oxygens (including phenoxy) is 1. The Kier molecular flexibility index (Phi) is 5.91. The number of nitrogens with one attached hydrogen (secondary N) is 1. The number of benzene rings is 1. The van der Waals surface area contributed by atoms with Crippen LogP contribution in [0, 0.1) is 17.0 Å². The summed E-state index contributed by atoms with van der Waals surface area (Å²) in [6, 6.07) is 7.50. The molecule has 10 nitrogen and oxygen atoms in total. The van der Waals surface area contributed by atoms with E-state index in [0.29, 0.717) is 10.3 Å². The molecule has 0 saturated carbocycles. The molecule has 14 heteroatoms. The molecule has 0 aliphatic heterocycles. The lowest BCUT2D eigenvalue weighted by atomic mass is 10.2. The van der Waals surface area contributed by atoms with Crippen LogP contribution in [0.15, 0.2) is 53.3 Å². The number of fused-ring (bicyclic) bond motifs is 1. The molecule has 3 heterocycles. The van der Waals surface area contributed by atoms with Crippen molar-refractivity contribution in [2.45, 2.75) is 13.1 Å². The molecular formula is C20H12BrF3N6O4. The fourth-order valence-electron chi connectivity index (χ4n) is 3.01. The Morgan fingerprint density at radius 1 is 1.24 bits per heavy atom. The van der Waals surface area contributed by atoms with Crippen LogP contribution in [0.3, 0.4) is 0 Å². The number of halogens is 4. The molecule has 0 atom stereocenters. The van der Waals surface area contributed by atoms with Crippen LogP contribution in [0.25, 0.3) is 5.65 Å². The van der Waals surface area contributed by atoms with Gasteiger partial charge in [-0.3, -0.25) is 19.9 Å². The third-order valence-electron chi connectivity index (χ3n) is 4.40. The molecule has 0 bridgehead atoms. The number of pyridine rings is 1. The summed E-state index contributed by atoms with van der Waals surface area (Å²) in [5, 5.41) is 17.5. The van der Waals surface area contributed by atoms with E-state index in [1.807, 2.05) is 0 Å². The zero-order valence-electron chi connectivity index (χ0n) is 17.0. The molecule has 0 unspecified atom stereocenters. The van der Waals surface area contributed by atoms with Gasteiger partial charge in [-0.1, -0.05) is 0 Å². The third kappa shape index (κ3) is 4.66. The highest BCUT2D eigenvalue weighted by molar-refractivity contribution is 9.10. The highest BCUT2D eigenvalue weighted by Gasteiger charge is 2.36. The SMILES string of the molecule is Cc1cc(C(F)(F)F)n2nc(C(=O)Nc3cc(Oc4cccnc4)cc([N+](=O)[O-])c3)c(Br)c2n1. The Bertz CT molecular complexity index is 1430. The topological polar surface area (TPSA) is 125 Å². The fraction of sp³-hybridized carbons (Fsp3) is 0.100. The van der Waals surface area contributed by atoms with Crippen LogP contribution in [0.2, 0.25) is 0 Å². The van der Waals surface area contributed by atoms with Crippen molar-refractivity contribution in [1.82, 2.24) is 19.6 Å². The van der Waals surface area contributed by atoms with Crippen molar-refractivity contribution in [1.29, 1.82) is 0 Å². The molecule has 3 aromatic heterocycles. The number of amides is 1. The van der Waals surface area contributed by atoms with Gasteiger partial charge in [-0.2, -0.15) is 18.3 Å². The van der Waals surface area contributed by atoms with Crippen molar-refractivity contribution in [2.75, 3.05) is 5.32 Å². The molecule has 1 aromatic carbocycles. The lowest BCUT2D eigenvalue weighted by Crippen LogP contribution is -2.16. The molecule has 0 aliphatic carbocycles. The maximum absolute atomic E-state index is 13.4. The monoisotopic (exact) mass is 536 g/mol. The number of carbonyl (C=O) groups excluding carboxylic acids is 1. The van der Waals surface area contributed by atoms with Crippen molar-refractivity contribution in [3.05, 3.63) is 80.5 Å². The first kappa shape index (κ1) is 23.1. The number of aromatic nitrogens is 4. The quantitative estimate of drug-likeness (QED) is 0.275. The summed E-state index contributed by atoms with van der Waals surface area (Å²) in [5.74, 6) is -0.594. The van der Waals surface area contributed by atoms with Gasteiger partial charge in [-0.25, -0.2) is 9.50 Å². The second-order valence-electron chi connectivity index (χ2n) is 6.90. The molecule has 0 spiro atoms. The Balaban J connectivity index is 1.71. The van der Waals surface area contributed by atoms with Gasteiger partial charge in [-0.05, 0) is 41.1 Å². The van der Waals surface area contributed by atoms with E-state index < -0.39 is 28.4 Å². The van der Waals surface area contributed by atoms with Crippen molar-refractivity contribution in [2.24, 2.45) is 0 Å². The van der Waals surface area contributed by atoms with Gasteiger partial charge in [-0.15, -0.1) is 0 Å². The normalized spacial score (nSPS) is 11.4. The first-order valence-electron chi connectivity index (χ1n) is 9.34. The number of nitrogens with zero attached hydrogens (tertiary/aromatic N) is 5. The van der Waals surface area contributed by atoms with Crippen LogP contribution in [0.5, 0.6) is 11.5 Å². The zero-order valence-corrected chi connectivity index (χ0v) is 18.6. The van der Waals surface area contributed by atoms with Crippen molar-refractivity contribution >= 4 is 38.9 Å². The van der Waals surface area contributed by atoms with Crippen molar-refractivity contribution < 1.29 is 27.6 Å². The summed E-state index contributed by atoms with van der Waals surface area (Å²) in [7, 11) is 0. The number of nitro groups is 1. The number of rotatable bonds is 5. The van der Waals surface area contributed by atoms with E-state index in [9.17, 15) is 28.1 Å². The minimum absolute atomic E-state index is 0.0308. The number of non-ortho nitro benzene ring substituents is 1. The summed E-state index contributed by atoms with van der Waals surface area (Å²) >= 11 is 3.08. The molecule has 4 aromatic rings. The van der Waals surface area contributed by atoms with E-state index >= 15 is 0 Å². The smallest absolute Gasteiger partial charge is 0.433 e. The number of carbonyl (C=O) groups is 1. The molecule has 0 radical (unpaired) electrons. The molecule has 174 valence electrons. The molecule has 4 rings (SSSR count). The van der Waals surface area contributed by atoms with E-state index in [1.165, 1.54) is 25.4 Å². The van der Waals surface area contributed by atoms with Crippen molar-refractivity contribution in [3.63, 3.8) is 0 Å². The number of hydrogen-bond acceptors (Lipinski definition) is 7. The maximum Gasteiger partial charge on any atom is 0.433 e. The van der Waals surface area contributed by atoms with E-state index in [0.717, 1.165) is 18.2 Å². The molecule has 0 fully saturated rings. The Labute approximate surface area is 196 Å². The average Bonchev–Trinajstić information content (AvgIpc) is 3.09. The second kappa shape index (κ2) is 8.70. The van der Waals surface area contributed by atoms with Gasteiger partial charge in [0.25, 0.3) is 11.6 Å². The van der Waals surface area contributed by atoms with E-state index in [-0.39, 0.29) is 32.9 Å². The number of anilines is 1. The van der Waals surface area contributed by atoms with Crippen LogP contribution in [0.1, 0.15) is 21.9 Å². The Morgan fingerprint density at radius 2 is 2.00 bits per heavy atom. The first-order valence-corrected chi connectivity index (χ1v) is 10.1. The van der Waals surface area contributed by atoms with Crippen molar-refractivity contribution in [3.8, 4) is 11.5 Å². The number of aryl methyl sites for hydroxylation is 1. The summed E-state index contributed by atoms with van der Waals surface area (Å²) < 4.78 is 46.3. The summed E-state index contributed by atoms with van der Waals surface area (Å²) in [6.45, 7) is 1.38. The molecule has 1 amide bonds. The highest BCUT2D eigenvalue weighted by atomic mass is 79.9. The van der Waals surface area contributed by atoms with Gasteiger partial charge in [0.1, 0.15) is 17.2 Å². The molecule has 0 saturated heterocycles. The second-order valence-corrected chi connectivity index (χ2v) is 7.69. The summed E-state index contributed by atoms with van der Waals surface area (Å²) in [4.78, 5) is 31.4. The first-order chi connectivity index (χ1) is 16.0. The molecule has 0 aliphatic rings. The summed E-state index contributed by atoms with van der Waals surface area (Å²) in [6.07, 6.45) is -1.85. The third-order valence-corrected chi connectivity index (χ3v) is 5.13. The Morgan fingerprint density at radius 3 is 2.65 bits per heavy atom. The number of hydrogen-bond donors (Lipinski definition) is 1. The number of alkyl halides is 3. The number of nitro benzene ring substituents is 1. The van der Waals surface area contributed by atoms with Gasteiger partial charge < -0.3 is 10.1 Å². The molecule has 34 heavy (non-hydrogen) atoms. The van der Waals surface area contributed by atoms with Gasteiger partial charge in [0, 0.05) is 24.0 Å². The standard InChI is InChI=1S/C20H12BrF3N6O4/c1-10-5-15(20(22,23)24)29-18(26-10)16(21)17(28-29)19(31)27-11-6-12(30(32)33)8-14(7-11)34-13-3-2-4-25-9-13/h2-9H,1H3,(H,27,31). The Hall–Kier alpha value is -4.07.